The highest BCUT2D eigenvalue weighted by molar-refractivity contribution is 9.10. The number of hydrogen-bond donors (Lipinski definition) is 1. The van der Waals surface area contributed by atoms with Gasteiger partial charge >= 0.3 is 11.7 Å². The summed E-state index contributed by atoms with van der Waals surface area (Å²) in [6, 6.07) is 8.72. The highest BCUT2D eigenvalue weighted by Gasteiger charge is 2.17. The van der Waals surface area contributed by atoms with Crippen LogP contribution in [0.25, 0.3) is 0 Å². The fourth-order valence-electron chi connectivity index (χ4n) is 1.69. The molecule has 0 fully saturated rings. The van der Waals surface area contributed by atoms with Crippen molar-refractivity contribution in [1.29, 1.82) is 0 Å². The van der Waals surface area contributed by atoms with Crippen molar-refractivity contribution in [3.63, 3.8) is 0 Å². The summed E-state index contributed by atoms with van der Waals surface area (Å²) < 4.78 is 5.94. The summed E-state index contributed by atoms with van der Waals surface area (Å²) >= 11 is 3.19. The van der Waals surface area contributed by atoms with E-state index < -0.39 is 10.9 Å². The Labute approximate surface area is 128 Å². The van der Waals surface area contributed by atoms with Crippen LogP contribution in [0, 0.1) is 17.0 Å². The zero-order chi connectivity index (χ0) is 15.6. The average molecular weight is 352 g/mol. The van der Waals surface area contributed by atoms with Crippen LogP contribution in [0.1, 0.15) is 15.9 Å². The van der Waals surface area contributed by atoms with E-state index in [1.165, 1.54) is 24.3 Å². The Kier molecular flexibility index (Phi) is 4.23. The summed E-state index contributed by atoms with van der Waals surface area (Å²) in [6.07, 6.45) is 0. The van der Waals surface area contributed by atoms with Crippen LogP contribution in [0.3, 0.4) is 0 Å². The lowest BCUT2D eigenvalue weighted by Gasteiger charge is -2.09. The van der Waals surface area contributed by atoms with Crippen LogP contribution in [-0.2, 0) is 0 Å². The molecule has 21 heavy (non-hydrogen) atoms. The molecule has 0 heterocycles. The van der Waals surface area contributed by atoms with Gasteiger partial charge in [0.2, 0.25) is 5.75 Å². The lowest BCUT2D eigenvalue weighted by molar-refractivity contribution is -0.385. The van der Waals surface area contributed by atoms with E-state index in [9.17, 15) is 14.9 Å². The predicted octanol–water partition coefficient (Wildman–Crippen LogP) is 4.16. The Hall–Kier alpha value is -2.41. The van der Waals surface area contributed by atoms with Gasteiger partial charge in [0, 0.05) is 6.07 Å². The molecular weight excluding hydrogens is 342 g/mol. The SMILES string of the molecule is Cc1ccc([N+](=O)[O-])c(Oc2ccc(C(=O)O)cc2Br)c1. The molecule has 0 atom stereocenters. The van der Waals surface area contributed by atoms with E-state index in [-0.39, 0.29) is 17.0 Å². The number of ether oxygens (including phenoxy) is 1. The molecule has 0 aromatic heterocycles. The summed E-state index contributed by atoms with van der Waals surface area (Å²) in [4.78, 5) is 21.3. The van der Waals surface area contributed by atoms with Crippen LogP contribution in [0.2, 0.25) is 0 Å². The molecule has 1 N–H and O–H groups in total. The number of carboxylic acids is 1. The topological polar surface area (TPSA) is 89.7 Å². The number of carboxylic acid groups (broad SMARTS) is 1. The van der Waals surface area contributed by atoms with Crippen molar-refractivity contribution >= 4 is 27.6 Å². The number of nitro benzene ring substituents is 1. The Balaban J connectivity index is 2.40. The summed E-state index contributed by atoms with van der Waals surface area (Å²) in [5.74, 6) is -0.665. The van der Waals surface area contributed by atoms with Gasteiger partial charge in [0.25, 0.3) is 0 Å². The maximum atomic E-state index is 11.0. The van der Waals surface area contributed by atoms with Crippen molar-refractivity contribution in [3.8, 4) is 11.5 Å². The standard InChI is InChI=1S/C14H10BrNO5/c1-8-2-4-11(16(19)20)13(6-8)21-12-5-3-9(14(17)18)7-10(12)15/h2-7H,1H3,(H,17,18). The molecule has 108 valence electrons. The van der Waals surface area contributed by atoms with Gasteiger partial charge in [0.1, 0.15) is 5.75 Å². The molecule has 0 saturated carbocycles. The van der Waals surface area contributed by atoms with Gasteiger partial charge in [0.15, 0.2) is 0 Å². The van der Waals surface area contributed by atoms with Gasteiger partial charge in [0.05, 0.1) is 15.0 Å². The zero-order valence-corrected chi connectivity index (χ0v) is 12.5. The third-order valence-electron chi connectivity index (χ3n) is 2.71. The highest BCUT2D eigenvalue weighted by Crippen LogP contribution is 2.35. The van der Waals surface area contributed by atoms with E-state index in [4.69, 9.17) is 9.84 Å². The first kappa shape index (κ1) is 15.0. The number of rotatable bonds is 4. The molecule has 2 aromatic carbocycles. The summed E-state index contributed by atoms with van der Waals surface area (Å²) in [5.41, 5.74) is 0.747. The van der Waals surface area contributed by atoms with Crippen LogP contribution < -0.4 is 4.74 Å². The molecule has 0 saturated heterocycles. The number of carbonyl (C=O) groups is 1. The van der Waals surface area contributed by atoms with Crippen LogP contribution in [-0.4, -0.2) is 16.0 Å². The van der Waals surface area contributed by atoms with Crippen molar-refractivity contribution in [2.75, 3.05) is 0 Å². The first-order valence-electron chi connectivity index (χ1n) is 5.84. The smallest absolute Gasteiger partial charge is 0.335 e. The van der Waals surface area contributed by atoms with Crippen molar-refractivity contribution < 1.29 is 19.6 Å². The van der Waals surface area contributed by atoms with Crippen molar-refractivity contribution in [2.24, 2.45) is 0 Å². The Bertz CT molecular complexity index is 729. The summed E-state index contributed by atoms with van der Waals surface area (Å²) in [7, 11) is 0. The lowest BCUT2D eigenvalue weighted by atomic mass is 10.2. The summed E-state index contributed by atoms with van der Waals surface area (Å²) in [5, 5.41) is 19.9. The molecule has 0 spiro atoms. The average Bonchev–Trinajstić information content (AvgIpc) is 2.40. The monoisotopic (exact) mass is 351 g/mol. The Morgan fingerprint density at radius 2 is 1.95 bits per heavy atom. The highest BCUT2D eigenvalue weighted by atomic mass is 79.9. The first-order valence-corrected chi connectivity index (χ1v) is 6.63. The molecule has 2 aromatic rings. The first-order chi connectivity index (χ1) is 9.88. The maximum Gasteiger partial charge on any atom is 0.335 e. The lowest BCUT2D eigenvalue weighted by Crippen LogP contribution is -1.97. The minimum Gasteiger partial charge on any atom is -0.478 e. The fourth-order valence-corrected chi connectivity index (χ4v) is 2.15. The molecule has 0 aliphatic heterocycles. The van der Waals surface area contributed by atoms with Gasteiger partial charge in [-0.25, -0.2) is 4.79 Å². The van der Waals surface area contributed by atoms with Gasteiger partial charge in [-0.1, -0.05) is 6.07 Å². The second-order valence-electron chi connectivity index (χ2n) is 4.28. The number of benzene rings is 2. The molecule has 0 bridgehead atoms. The third-order valence-corrected chi connectivity index (χ3v) is 3.33. The van der Waals surface area contributed by atoms with Crippen molar-refractivity contribution in [3.05, 3.63) is 62.1 Å². The molecule has 0 aliphatic carbocycles. The number of halogens is 1. The number of aryl methyl sites for hydroxylation is 1. The zero-order valence-electron chi connectivity index (χ0n) is 10.9. The minimum absolute atomic E-state index is 0.0907. The molecule has 6 nitrogen and oxygen atoms in total. The molecular formula is C14H10BrNO5. The van der Waals surface area contributed by atoms with E-state index in [1.807, 2.05) is 0 Å². The van der Waals surface area contributed by atoms with Gasteiger partial charge in [-0.3, -0.25) is 10.1 Å². The molecule has 0 unspecified atom stereocenters. The molecule has 0 amide bonds. The molecule has 0 radical (unpaired) electrons. The van der Waals surface area contributed by atoms with Crippen LogP contribution >= 0.6 is 15.9 Å². The quantitative estimate of drug-likeness (QED) is 0.659. The normalized spacial score (nSPS) is 10.2. The van der Waals surface area contributed by atoms with E-state index >= 15 is 0 Å². The number of nitro groups is 1. The number of nitrogens with zero attached hydrogens (tertiary/aromatic N) is 1. The minimum atomic E-state index is -1.07. The number of aromatic carboxylic acids is 1. The van der Waals surface area contributed by atoms with E-state index in [0.717, 1.165) is 5.56 Å². The van der Waals surface area contributed by atoms with Gasteiger partial charge in [-0.2, -0.15) is 0 Å². The van der Waals surface area contributed by atoms with Gasteiger partial charge in [-0.05, 0) is 52.7 Å². The van der Waals surface area contributed by atoms with Crippen LogP contribution in [0.15, 0.2) is 40.9 Å². The Morgan fingerprint density at radius 3 is 2.52 bits per heavy atom. The second kappa shape index (κ2) is 5.92. The fraction of sp³-hybridized carbons (Fsp3) is 0.0714. The van der Waals surface area contributed by atoms with Gasteiger partial charge < -0.3 is 9.84 Å². The summed E-state index contributed by atoms with van der Waals surface area (Å²) in [6.45, 7) is 1.79. The predicted molar refractivity (Wildman–Crippen MR) is 79.0 cm³/mol. The van der Waals surface area contributed by atoms with Crippen LogP contribution in [0.4, 0.5) is 5.69 Å². The van der Waals surface area contributed by atoms with Crippen LogP contribution in [0.5, 0.6) is 11.5 Å². The maximum absolute atomic E-state index is 11.0. The molecule has 2 rings (SSSR count). The number of hydrogen-bond acceptors (Lipinski definition) is 4. The van der Waals surface area contributed by atoms with Crippen molar-refractivity contribution in [1.82, 2.24) is 0 Å². The van der Waals surface area contributed by atoms with E-state index in [2.05, 4.69) is 15.9 Å². The largest absolute Gasteiger partial charge is 0.478 e. The van der Waals surface area contributed by atoms with Crippen molar-refractivity contribution in [2.45, 2.75) is 6.92 Å². The molecule has 0 aliphatic rings. The van der Waals surface area contributed by atoms with Gasteiger partial charge in [-0.15, -0.1) is 0 Å². The van der Waals surface area contributed by atoms with E-state index in [1.54, 1.807) is 19.1 Å². The Morgan fingerprint density at radius 1 is 1.24 bits per heavy atom. The van der Waals surface area contributed by atoms with E-state index in [0.29, 0.717) is 10.2 Å². The third kappa shape index (κ3) is 3.38. The second-order valence-corrected chi connectivity index (χ2v) is 5.14. The molecule has 7 heteroatoms.